The summed E-state index contributed by atoms with van der Waals surface area (Å²) < 4.78 is 0. The molecule has 1 aromatic carbocycles. The number of nitrogens with one attached hydrogen (secondary N) is 2. The highest BCUT2D eigenvalue weighted by molar-refractivity contribution is 5.83. The summed E-state index contributed by atoms with van der Waals surface area (Å²) in [6.45, 7) is 6.64. The summed E-state index contributed by atoms with van der Waals surface area (Å²) in [6.07, 6.45) is 5.93. The Morgan fingerprint density at radius 3 is 2.81 bits per heavy atom. The zero-order valence-corrected chi connectivity index (χ0v) is 16.2. The van der Waals surface area contributed by atoms with Crippen molar-refractivity contribution in [2.24, 2.45) is 23.7 Å². The number of carbonyl (C=O) groups excluding carboxylic acids is 1. The molecule has 2 aromatic rings. The average Bonchev–Trinajstić information content (AvgIpc) is 3.03. The van der Waals surface area contributed by atoms with E-state index in [0.29, 0.717) is 24.2 Å². The molecule has 3 rings (SSSR count). The number of amides is 1. The predicted octanol–water partition coefficient (Wildman–Crippen LogP) is 3.90. The third kappa shape index (κ3) is 4.12. The molecule has 1 heterocycles. The maximum absolute atomic E-state index is 13.0. The van der Waals surface area contributed by atoms with Crippen LogP contribution < -0.4 is 5.32 Å². The SMILES string of the molecule is CC(C)[C@@H]1CC[C@@H](C)C[C@H]1C(=O)N[C@@H](CO)Cc1c[nH]c2ccccc12. The lowest BCUT2D eigenvalue weighted by atomic mass is 9.69. The molecule has 1 aromatic heterocycles. The van der Waals surface area contributed by atoms with Gasteiger partial charge in [0.15, 0.2) is 0 Å². The van der Waals surface area contributed by atoms with E-state index in [1.54, 1.807) is 0 Å². The van der Waals surface area contributed by atoms with E-state index in [1.807, 2.05) is 24.4 Å². The standard InChI is InChI=1S/C22H32N2O2/c1-14(2)18-9-8-15(3)10-20(18)22(26)24-17(13-25)11-16-12-23-21-7-5-4-6-19(16)21/h4-7,12,14-15,17-18,20,23,25H,8-11,13H2,1-3H3,(H,24,26)/t15-,17-,18+,20-/m1/s1. The van der Waals surface area contributed by atoms with E-state index < -0.39 is 0 Å². The molecule has 0 radical (unpaired) electrons. The van der Waals surface area contributed by atoms with Crippen LogP contribution in [-0.2, 0) is 11.2 Å². The zero-order valence-electron chi connectivity index (χ0n) is 16.2. The van der Waals surface area contributed by atoms with Crippen LogP contribution in [0.2, 0.25) is 0 Å². The van der Waals surface area contributed by atoms with Crippen LogP contribution in [0.1, 0.15) is 45.6 Å². The van der Waals surface area contributed by atoms with E-state index in [4.69, 9.17) is 0 Å². The zero-order chi connectivity index (χ0) is 18.7. The van der Waals surface area contributed by atoms with Gasteiger partial charge in [-0.3, -0.25) is 4.79 Å². The number of rotatable bonds is 6. The molecule has 0 aliphatic heterocycles. The van der Waals surface area contributed by atoms with Gasteiger partial charge in [0, 0.05) is 23.0 Å². The Balaban J connectivity index is 1.69. The van der Waals surface area contributed by atoms with Crippen LogP contribution in [0.3, 0.4) is 0 Å². The van der Waals surface area contributed by atoms with Crippen molar-refractivity contribution in [1.29, 1.82) is 0 Å². The Morgan fingerprint density at radius 1 is 1.31 bits per heavy atom. The lowest BCUT2D eigenvalue weighted by molar-refractivity contribution is -0.130. The Hall–Kier alpha value is -1.81. The monoisotopic (exact) mass is 356 g/mol. The molecule has 1 aliphatic carbocycles. The molecule has 0 spiro atoms. The lowest BCUT2D eigenvalue weighted by Gasteiger charge is -2.37. The normalized spacial score (nSPS) is 24.7. The number of carbonyl (C=O) groups is 1. The van der Waals surface area contributed by atoms with E-state index in [2.05, 4.69) is 37.1 Å². The summed E-state index contributed by atoms with van der Waals surface area (Å²) in [7, 11) is 0. The summed E-state index contributed by atoms with van der Waals surface area (Å²) in [5.74, 6) is 1.74. The molecule has 4 heteroatoms. The molecular weight excluding hydrogens is 324 g/mol. The summed E-state index contributed by atoms with van der Waals surface area (Å²) >= 11 is 0. The van der Waals surface area contributed by atoms with Gasteiger partial charge in [-0.25, -0.2) is 0 Å². The van der Waals surface area contributed by atoms with E-state index >= 15 is 0 Å². The van der Waals surface area contributed by atoms with Gasteiger partial charge in [0.05, 0.1) is 12.6 Å². The minimum absolute atomic E-state index is 0.0418. The van der Waals surface area contributed by atoms with Crippen molar-refractivity contribution in [2.75, 3.05) is 6.61 Å². The topological polar surface area (TPSA) is 65.1 Å². The fourth-order valence-electron chi connectivity index (χ4n) is 4.54. The first-order chi connectivity index (χ1) is 12.5. The first kappa shape index (κ1) is 19.0. The van der Waals surface area contributed by atoms with Crippen molar-refractivity contribution < 1.29 is 9.90 Å². The predicted molar refractivity (Wildman–Crippen MR) is 106 cm³/mol. The molecule has 142 valence electrons. The number of benzene rings is 1. The van der Waals surface area contributed by atoms with Crippen LogP contribution in [0.5, 0.6) is 0 Å². The Morgan fingerprint density at radius 2 is 2.08 bits per heavy atom. The smallest absolute Gasteiger partial charge is 0.223 e. The molecule has 0 saturated heterocycles. The van der Waals surface area contributed by atoms with Gasteiger partial charge in [0.1, 0.15) is 0 Å². The number of para-hydroxylation sites is 1. The molecule has 4 atom stereocenters. The Kier molecular flexibility index (Phi) is 6.02. The highest BCUT2D eigenvalue weighted by atomic mass is 16.3. The van der Waals surface area contributed by atoms with Crippen molar-refractivity contribution in [2.45, 2.75) is 52.5 Å². The number of aliphatic hydroxyl groups is 1. The van der Waals surface area contributed by atoms with Gasteiger partial charge in [0.2, 0.25) is 5.91 Å². The number of hydrogen-bond donors (Lipinski definition) is 3. The van der Waals surface area contributed by atoms with Crippen molar-refractivity contribution >= 4 is 16.8 Å². The van der Waals surface area contributed by atoms with Gasteiger partial charge in [-0.05, 0) is 48.6 Å². The minimum atomic E-state index is -0.244. The fourth-order valence-corrected chi connectivity index (χ4v) is 4.54. The summed E-state index contributed by atoms with van der Waals surface area (Å²) in [5, 5.41) is 14.1. The number of aromatic amines is 1. The van der Waals surface area contributed by atoms with E-state index in [1.165, 1.54) is 6.42 Å². The van der Waals surface area contributed by atoms with Gasteiger partial charge in [-0.15, -0.1) is 0 Å². The van der Waals surface area contributed by atoms with Crippen LogP contribution in [0.4, 0.5) is 0 Å². The molecule has 1 amide bonds. The Bertz CT molecular complexity index is 737. The maximum Gasteiger partial charge on any atom is 0.223 e. The maximum atomic E-state index is 13.0. The van der Waals surface area contributed by atoms with Crippen LogP contribution in [0.25, 0.3) is 10.9 Å². The van der Waals surface area contributed by atoms with Crippen LogP contribution in [0, 0.1) is 23.7 Å². The van der Waals surface area contributed by atoms with Crippen LogP contribution in [-0.4, -0.2) is 28.6 Å². The molecule has 0 bridgehead atoms. The molecule has 1 aliphatic rings. The summed E-state index contributed by atoms with van der Waals surface area (Å²) in [6, 6.07) is 7.90. The highest BCUT2D eigenvalue weighted by Crippen LogP contribution is 2.38. The van der Waals surface area contributed by atoms with Crippen molar-refractivity contribution in [3.05, 3.63) is 36.0 Å². The average molecular weight is 357 g/mol. The van der Waals surface area contributed by atoms with E-state index in [9.17, 15) is 9.90 Å². The molecule has 26 heavy (non-hydrogen) atoms. The molecule has 4 nitrogen and oxygen atoms in total. The molecule has 1 saturated carbocycles. The molecule has 0 unspecified atom stereocenters. The van der Waals surface area contributed by atoms with Crippen molar-refractivity contribution in [1.82, 2.24) is 10.3 Å². The van der Waals surface area contributed by atoms with Gasteiger partial charge >= 0.3 is 0 Å². The largest absolute Gasteiger partial charge is 0.394 e. The van der Waals surface area contributed by atoms with Gasteiger partial charge in [-0.1, -0.05) is 45.4 Å². The van der Waals surface area contributed by atoms with Crippen LogP contribution >= 0.6 is 0 Å². The fraction of sp³-hybridized carbons (Fsp3) is 0.591. The second-order valence-electron chi connectivity index (χ2n) is 8.38. The molecule has 3 N–H and O–H groups in total. The minimum Gasteiger partial charge on any atom is -0.394 e. The number of fused-ring (bicyclic) bond motifs is 1. The van der Waals surface area contributed by atoms with Gasteiger partial charge in [-0.2, -0.15) is 0 Å². The van der Waals surface area contributed by atoms with Crippen LogP contribution in [0.15, 0.2) is 30.5 Å². The van der Waals surface area contributed by atoms with Gasteiger partial charge < -0.3 is 15.4 Å². The molecule has 1 fully saturated rings. The second kappa shape index (κ2) is 8.26. The first-order valence-corrected chi connectivity index (χ1v) is 9.95. The van der Waals surface area contributed by atoms with E-state index in [0.717, 1.165) is 29.3 Å². The number of H-pyrrole nitrogens is 1. The third-order valence-electron chi connectivity index (χ3n) is 6.07. The molecular formula is C22H32N2O2. The quantitative estimate of drug-likeness (QED) is 0.735. The van der Waals surface area contributed by atoms with E-state index in [-0.39, 0.29) is 24.5 Å². The Labute approximate surface area is 156 Å². The number of hydrogen-bond acceptors (Lipinski definition) is 2. The second-order valence-corrected chi connectivity index (χ2v) is 8.38. The summed E-state index contributed by atoms with van der Waals surface area (Å²) in [4.78, 5) is 16.3. The number of aromatic nitrogens is 1. The van der Waals surface area contributed by atoms with Crippen molar-refractivity contribution in [3.63, 3.8) is 0 Å². The highest BCUT2D eigenvalue weighted by Gasteiger charge is 2.36. The summed E-state index contributed by atoms with van der Waals surface area (Å²) in [5.41, 5.74) is 2.23. The first-order valence-electron chi connectivity index (χ1n) is 9.95. The lowest BCUT2D eigenvalue weighted by Crippen LogP contribution is -2.46. The van der Waals surface area contributed by atoms with Crippen molar-refractivity contribution in [3.8, 4) is 0 Å². The number of aliphatic hydroxyl groups excluding tert-OH is 1. The van der Waals surface area contributed by atoms with Gasteiger partial charge in [0.25, 0.3) is 0 Å². The third-order valence-corrected chi connectivity index (χ3v) is 6.07.